The lowest BCUT2D eigenvalue weighted by Gasteiger charge is -2.35. The molecular formula is C26H38N4O4. The second-order valence-corrected chi connectivity index (χ2v) is 9.20. The molecule has 1 aliphatic heterocycles. The van der Waals surface area contributed by atoms with Gasteiger partial charge in [-0.05, 0) is 73.8 Å². The van der Waals surface area contributed by atoms with Crippen LogP contribution in [-0.4, -0.2) is 65.0 Å². The third-order valence-corrected chi connectivity index (χ3v) is 6.79. The van der Waals surface area contributed by atoms with Crippen molar-refractivity contribution in [1.82, 2.24) is 15.3 Å². The summed E-state index contributed by atoms with van der Waals surface area (Å²) in [6.07, 6.45) is 8.04. The van der Waals surface area contributed by atoms with Gasteiger partial charge in [-0.1, -0.05) is 13.8 Å². The number of nitrogens with one attached hydrogen (secondary N) is 1. The molecule has 1 fully saturated rings. The summed E-state index contributed by atoms with van der Waals surface area (Å²) in [6.45, 7) is 8.25. The molecule has 0 aliphatic carbocycles. The molecule has 0 saturated carbocycles. The standard InChI is InChI=1S/C26H38N4O4/c1-4-20-14-27-26(28-15-20)30-10-7-21(8-11-30)18(2)9-12-34-23-5-6-24(19(3)13-23)25(33)29-22(16-31)17-32/h5-6,13-15,18,21-22,31-32H,4,7-12,16-17H2,1-3H3,(H,29,33). The Hall–Kier alpha value is -2.71. The number of ether oxygens (including phenoxy) is 1. The first-order valence-electron chi connectivity index (χ1n) is 12.3. The highest BCUT2D eigenvalue weighted by atomic mass is 16.5. The van der Waals surface area contributed by atoms with E-state index in [1.165, 1.54) is 0 Å². The predicted octanol–water partition coefficient (Wildman–Crippen LogP) is 2.75. The van der Waals surface area contributed by atoms with Gasteiger partial charge in [0.2, 0.25) is 5.95 Å². The smallest absolute Gasteiger partial charge is 0.251 e. The highest BCUT2D eigenvalue weighted by Gasteiger charge is 2.25. The van der Waals surface area contributed by atoms with E-state index in [1.54, 1.807) is 12.1 Å². The lowest BCUT2D eigenvalue weighted by atomic mass is 9.84. The lowest BCUT2D eigenvalue weighted by Crippen LogP contribution is -2.40. The molecule has 3 N–H and O–H groups in total. The van der Waals surface area contributed by atoms with Gasteiger partial charge >= 0.3 is 0 Å². The van der Waals surface area contributed by atoms with Crippen LogP contribution in [0.5, 0.6) is 5.75 Å². The molecule has 0 radical (unpaired) electrons. The minimum atomic E-state index is -0.662. The van der Waals surface area contributed by atoms with Gasteiger partial charge in [0.05, 0.1) is 25.9 Å². The average Bonchev–Trinajstić information content (AvgIpc) is 2.87. The highest BCUT2D eigenvalue weighted by molar-refractivity contribution is 5.96. The van der Waals surface area contributed by atoms with Gasteiger partial charge in [0.25, 0.3) is 5.91 Å². The normalized spacial score (nSPS) is 15.4. The summed E-state index contributed by atoms with van der Waals surface area (Å²) in [7, 11) is 0. The van der Waals surface area contributed by atoms with Crippen LogP contribution < -0.4 is 15.0 Å². The van der Waals surface area contributed by atoms with E-state index in [4.69, 9.17) is 14.9 Å². The van der Waals surface area contributed by atoms with Crippen molar-refractivity contribution in [2.75, 3.05) is 37.8 Å². The average molecular weight is 471 g/mol. The van der Waals surface area contributed by atoms with E-state index in [0.717, 1.165) is 61.6 Å². The number of aryl methyl sites for hydroxylation is 2. The quantitative estimate of drug-likeness (QED) is 0.463. The molecule has 186 valence electrons. The van der Waals surface area contributed by atoms with E-state index in [2.05, 4.69) is 34.0 Å². The third-order valence-electron chi connectivity index (χ3n) is 6.79. The van der Waals surface area contributed by atoms with Crippen molar-refractivity contribution in [1.29, 1.82) is 0 Å². The van der Waals surface area contributed by atoms with Crippen molar-refractivity contribution in [3.05, 3.63) is 47.3 Å². The molecule has 34 heavy (non-hydrogen) atoms. The monoisotopic (exact) mass is 470 g/mol. The fraction of sp³-hybridized carbons (Fsp3) is 0.577. The van der Waals surface area contributed by atoms with Gasteiger partial charge in [0.15, 0.2) is 0 Å². The zero-order valence-corrected chi connectivity index (χ0v) is 20.5. The van der Waals surface area contributed by atoms with Crippen molar-refractivity contribution in [2.24, 2.45) is 11.8 Å². The number of anilines is 1. The zero-order valence-electron chi connectivity index (χ0n) is 20.5. The number of aliphatic hydroxyl groups is 2. The highest BCUT2D eigenvalue weighted by Crippen LogP contribution is 2.29. The summed E-state index contributed by atoms with van der Waals surface area (Å²) in [5.41, 5.74) is 2.46. The summed E-state index contributed by atoms with van der Waals surface area (Å²) in [5.74, 6) is 2.48. The molecule has 0 spiro atoms. The molecule has 3 rings (SSSR count). The van der Waals surface area contributed by atoms with Gasteiger partial charge in [-0.2, -0.15) is 0 Å². The number of hydrogen-bond acceptors (Lipinski definition) is 7. The Morgan fingerprint density at radius 2 is 1.88 bits per heavy atom. The van der Waals surface area contributed by atoms with Gasteiger partial charge in [-0.3, -0.25) is 4.79 Å². The fourth-order valence-corrected chi connectivity index (χ4v) is 4.35. The molecular weight excluding hydrogens is 432 g/mol. The van der Waals surface area contributed by atoms with Gasteiger partial charge < -0.3 is 25.2 Å². The van der Waals surface area contributed by atoms with Crippen molar-refractivity contribution in [3.8, 4) is 5.75 Å². The maximum absolute atomic E-state index is 12.3. The second-order valence-electron chi connectivity index (χ2n) is 9.20. The van der Waals surface area contributed by atoms with Crippen molar-refractivity contribution < 1.29 is 19.7 Å². The number of benzene rings is 1. The first-order chi connectivity index (χ1) is 16.4. The van der Waals surface area contributed by atoms with Crippen LogP contribution in [0.4, 0.5) is 5.95 Å². The van der Waals surface area contributed by atoms with E-state index >= 15 is 0 Å². The molecule has 8 heteroatoms. The maximum Gasteiger partial charge on any atom is 0.251 e. The van der Waals surface area contributed by atoms with Crippen LogP contribution in [0.15, 0.2) is 30.6 Å². The number of rotatable bonds is 11. The molecule has 2 aromatic rings. The van der Waals surface area contributed by atoms with Gasteiger partial charge in [0, 0.05) is 31.0 Å². The van der Waals surface area contributed by atoms with E-state index in [9.17, 15) is 4.79 Å². The number of aliphatic hydroxyl groups excluding tert-OH is 2. The fourth-order valence-electron chi connectivity index (χ4n) is 4.35. The van der Waals surface area contributed by atoms with E-state index in [-0.39, 0.29) is 19.1 Å². The van der Waals surface area contributed by atoms with Gasteiger partial charge in [-0.15, -0.1) is 0 Å². The summed E-state index contributed by atoms with van der Waals surface area (Å²) in [5, 5.41) is 20.9. The number of carbonyl (C=O) groups excluding carboxylic acids is 1. The molecule has 2 heterocycles. The molecule has 0 bridgehead atoms. The van der Waals surface area contributed by atoms with E-state index in [1.807, 2.05) is 25.4 Å². The van der Waals surface area contributed by atoms with Crippen LogP contribution in [0.3, 0.4) is 0 Å². The minimum Gasteiger partial charge on any atom is -0.494 e. The van der Waals surface area contributed by atoms with Crippen LogP contribution >= 0.6 is 0 Å². The van der Waals surface area contributed by atoms with Crippen LogP contribution in [0.25, 0.3) is 0 Å². The first kappa shape index (κ1) is 25.9. The second kappa shape index (κ2) is 12.7. The van der Waals surface area contributed by atoms with Crippen LogP contribution in [0, 0.1) is 18.8 Å². The van der Waals surface area contributed by atoms with Crippen molar-refractivity contribution in [3.63, 3.8) is 0 Å². The molecule has 1 aromatic heterocycles. The summed E-state index contributed by atoms with van der Waals surface area (Å²) >= 11 is 0. The van der Waals surface area contributed by atoms with Gasteiger partial charge in [-0.25, -0.2) is 9.97 Å². The maximum atomic E-state index is 12.3. The number of hydrogen-bond donors (Lipinski definition) is 3. The summed E-state index contributed by atoms with van der Waals surface area (Å²) in [6, 6.07) is 4.71. The van der Waals surface area contributed by atoms with E-state index in [0.29, 0.717) is 24.0 Å². The molecule has 1 atom stereocenters. The Bertz CT molecular complexity index is 910. The molecule has 1 saturated heterocycles. The molecule has 8 nitrogen and oxygen atoms in total. The third kappa shape index (κ3) is 6.90. The summed E-state index contributed by atoms with van der Waals surface area (Å²) in [4.78, 5) is 23.7. The topological polar surface area (TPSA) is 108 Å². The van der Waals surface area contributed by atoms with Crippen LogP contribution in [-0.2, 0) is 6.42 Å². The molecule has 1 aliphatic rings. The molecule has 1 unspecified atom stereocenters. The molecule has 1 amide bonds. The Morgan fingerprint density at radius 1 is 1.21 bits per heavy atom. The minimum absolute atomic E-state index is 0.306. The number of carbonyl (C=O) groups is 1. The zero-order chi connectivity index (χ0) is 24.5. The van der Waals surface area contributed by atoms with E-state index < -0.39 is 6.04 Å². The van der Waals surface area contributed by atoms with Crippen molar-refractivity contribution >= 4 is 11.9 Å². The first-order valence-corrected chi connectivity index (χ1v) is 12.3. The Balaban J connectivity index is 1.43. The van der Waals surface area contributed by atoms with Crippen LogP contribution in [0.2, 0.25) is 0 Å². The number of piperidine rings is 1. The Morgan fingerprint density at radius 3 is 2.47 bits per heavy atom. The number of amides is 1. The van der Waals surface area contributed by atoms with Gasteiger partial charge in [0.1, 0.15) is 5.75 Å². The van der Waals surface area contributed by atoms with Crippen molar-refractivity contribution in [2.45, 2.75) is 52.5 Å². The predicted molar refractivity (Wildman–Crippen MR) is 132 cm³/mol. The Kier molecular flexibility index (Phi) is 9.65. The number of nitrogens with zero attached hydrogens (tertiary/aromatic N) is 3. The SMILES string of the molecule is CCc1cnc(N2CCC(C(C)CCOc3ccc(C(=O)NC(CO)CO)c(C)c3)CC2)nc1. The number of aromatic nitrogens is 2. The molecule has 1 aromatic carbocycles. The largest absolute Gasteiger partial charge is 0.494 e. The summed E-state index contributed by atoms with van der Waals surface area (Å²) < 4.78 is 5.98. The lowest BCUT2D eigenvalue weighted by molar-refractivity contribution is 0.0878. The van der Waals surface area contributed by atoms with Crippen LogP contribution in [0.1, 0.15) is 54.6 Å². The Labute approximate surface area is 202 Å².